The molecule has 0 aromatic heterocycles. The van der Waals surface area contributed by atoms with E-state index in [9.17, 15) is 4.79 Å². The van der Waals surface area contributed by atoms with Crippen molar-refractivity contribution in [2.24, 2.45) is 0 Å². The standard InChI is InChI=1S/C14H18N2OS/c1-10(17)11-5-4-8-13(9-11)16-14(18)15-12-6-2-3-7-12/h4-5,8-9,12H,2-3,6-7H2,1H3,(H2,15,16,18). The summed E-state index contributed by atoms with van der Waals surface area (Å²) in [4.78, 5) is 11.3. The molecule has 96 valence electrons. The zero-order valence-electron chi connectivity index (χ0n) is 10.5. The molecule has 0 amide bonds. The van der Waals surface area contributed by atoms with Gasteiger partial charge in [-0.2, -0.15) is 0 Å². The Morgan fingerprint density at radius 2 is 2.06 bits per heavy atom. The summed E-state index contributed by atoms with van der Waals surface area (Å²) in [5.74, 6) is 0.0633. The van der Waals surface area contributed by atoms with Crippen molar-refractivity contribution in [2.45, 2.75) is 38.6 Å². The second-order valence-electron chi connectivity index (χ2n) is 4.72. The van der Waals surface area contributed by atoms with Crippen LogP contribution >= 0.6 is 12.2 Å². The van der Waals surface area contributed by atoms with Gasteiger partial charge in [0.05, 0.1) is 0 Å². The summed E-state index contributed by atoms with van der Waals surface area (Å²) >= 11 is 5.27. The maximum Gasteiger partial charge on any atom is 0.170 e. The van der Waals surface area contributed by atoms with Gasteiger partial charge >= 0.3 is 0 Å². The second kappa shape index (κ2) is 5.96. The molecule has 0 radical (unpaired) electrons. The van der Waals surface area contributed by atoms with Crippen molar-refractivity contribution in [2.75, 3.05) is 5.32 Å². The van der Waals surface area contributed by atoms with Crippen LogP contribution in [-0.2, 0) is 0 Å². The molecule has 0 spiro atoms. The Bertz CT molecular complexity index is 453. The topological polar surface area (TPSA) is 41.1 Å². The number of hydrogen-bond acceptors (Lipinski definition) is 2. The van der Waals surface area contributed by atoms with E-state index in [1.54, 1.807) is 13.0 Å². The first-order valence-electron chi connectivity index (χ1n) is 6.33. The third-order valence-electron chi connectivity index (χ3n) is 3.22. The van der Waals surface area contributed by atoms with Crippen LogP contribution in [0.2, 0.25) is 0 Å². The molecule has 2 rings (SSSR count). The molecule has 0 bridgehead atoms. The maximum absolute atomic E-state index is 11.3. The van der Waals surface area contributed by atoms with Crippen molar-refractivity contribution < 1.29 is 4.79 Å². The predicted molar refractivity (Wildman–Crippen MR) is 78.1 cm³/mol. The Kier molecular flexibility index (Phi) is 4.31. The summed E-state index contributed by atoms with van der Waals surface area (Å²) in [6.45, 7) is 1.56. The van der Waals surface area contributed by atoms with E-state index in [2.05, 4.69) is 10.6 Å². The number of carbonyl (C=O) groups excluding carboxylic acids is 1. The van der Waals surface area contributed by atoms with Crippen LogP contribution in [0.3, 0.4) is 0 Å². The monoisotopic (exact) mass is 262 g/mol. The second-order valence-corrected chi connectivity index (χ2v) is 5.13. The lowest BCUT2D eigenvalue weighted by Crippen LogP contribution is -2.35. The molecule has 3 nitrogen and oxygen atoms in total. The number of ketones is 1. The number of carbonyl (C=O) groups is 1. The van der Waals surface area contributed by atoms with Crippen molar-refractivity contribution in [1.82, 2.24) is 5.32 Å². The minimum Gasteiger partial charge on any atom is -0.360 e. The molecular weight excluding hydrogens is 244 g/mol. The first kappa shape index (κ1) is 13.0. The molecule has 1 saturated carbocycles. The maximum atomic E-state index is 11.3. The predicted octanol–water partition coefficient (Wildman–Crippen LogP) is 3.12. The summed E-state index contributed by atoms with van der Waals surface area (Å²) in [5.41, 5.74) is 1.56. The quantitative estimate of drug-likeness (QED) is 0.648. The molecule has 4 heteroatoms. The largest absolute Gasteiger partial charge is 0.360 e. The number of rotatable bonds is 3. The van der Waals surface area contributed by atoms with E-state index in [0.717, 1.165) is 5.69 Å². The molecule has 0 unspecified atom stereocenters. The van der Waals surface area contributed by atoms with E-state index in [1.165, 1.54) is 25.7 Å². The Labute approximate surface area is 113 Å². The summed E-state index contributed by atoms with van der Waals surface area (Å²) in [5, 5.41) is 7.08. The lowest BCUT2D eigenvalue weighted by Gasteiger charge is -2.15. The minimum absolute atomic E-state index is 0.0633. The molecule has 1 aliphatic carbocycles. The highest BCUT2D eigenvalue weighted by molar-refractivity contribution is 7.80. The molecular formula is C14H18N2OS. The fourth-order valence-electron chi connectivity index (χ4n) is 2.24. The van der Waals surface area contributed by atoms with E-state index in [1.807, 2.05) is 18.2 Å². The highest BCUT2D eigenvalue weighted by atomic mass is 32.1. The fourth-order valence-corrected chi connectivity index (χ4v) is 2.52. The number of thiocarbonyl (C=S) groups is 1. The van der Waals surface area contributed by atoms with Crippen molar-refractivity contribution in [3.05, 3.63) is 29.8 Å². The fraction of sp³-hybridized carbons (Fsp3) is 0.429. The number of hydrogen-bond donors (Lipinski definition) is 2. The van der Waals surface area contributed by atoms with Gasteiger partial charge < -0.3 is 10.6 Å². The Balaban J connectivity index is 1.93. The molecule has 1 fully saturated rings. The first-order valence-corrected chi connectivity index (χ1v) is 6.74. The van der Waals surface area contributed by atoms with Crippen LogP contribution in [-0.4, -0.2) is 16.9 Å². The molecule has 0 atom stereocenters. The molecule has 2 N–H and O–H groups in total. The van der Waals surface area contributed by atoms with Crippen LogP contribution in [0.15, 0.2) is 24.3 Å². The van der Waals surface area contributed by atoms with Crippen LogP contribution in [0.4, 0.5) is 5.69 Å². The molecule has 0 aliphatic heterocycles. The average molecular weight is 262 g/mol. The Hall–Kier alpha value is -1.42. The van der Waals surface area contributed by atoms with E-state index in [0.29, 0.717) is 16.7 Å². The summed E-state index contributed by atoms with van der Waals surface area (Å²) in [7, 11) is 0. The van der Waals surface area contributed by atoms with Gasteiger partial charge in [-0.05, 0) is 44.1 Å². The van der Waals surface area contributed by atoms with Crippen LogP contribution < -0.4 is 10.6 Å². The van der Waals surface area contributed by atoms with Gasteiger partial charge in [0.1, 0.15) is 0 Å². The highest BCUT2D eigenvalue weighted by Gasteiger charge is 2.15. The van der Waals surface area contributed by atoms with Crippen LogP contribution in [0, 0.1) is 0 Å². The Morgan fingerprint density at radius 1 is 1.33 bits per heavy atom. The van der Waals surface area contributed by atoms with Crippen molar-refractivity contribution >= 4 is 28.8 Å². The van der Waals surface area contributed by atoms with Crippen molar-refractivity contribution in [3.8, 4) is 0 Å². The van der Waals surface area contributed by atoms with Crippen LogP contribution in [0.1, 0.15) is 43.0 Å². The SMILES string of the molecule is CC(=O)c1cccc(NC(=S)NC2CCCC2)c1. The number of Topliss-reactive ketones (excluding diaryl/α,β-unsaturated/α-hetero) is 1. The third kappa shape index (κ3) is 3.53. The van der Waals surface area contributed by atoms with Gasteiger partial charge in [0.2, 0.25) is 0 Å². The molecule has 1 aromatic carbocycles. The molecule has 1 aliphatic rings. The zero-order valence-corrected chi connectivity index (χ0v) is 11.3. The van der Waals surface area contributed by atoms with E-state index in [4.69, 9.17) is 12.2 Å². The van der Waals surface area contributed by atoms with Gasteiger partial charge in [-0.1, -0.05) is 25.0 Å². The summed E-state index contributed by atoms with van der Waals surface area (Å²) in [6, 6.07) is 7.90. The molecule has 1 aromatic rings. The van der Waals surface area contributed by atoms with E-state index < -0.39 is 0 Å². The molecule has 0 saturated heterocycles. The van der Waals surface area contributed by atoms with Crippen molar-refractivity contribution in [1.29, 1.82) is 0 Å². The molecule has 0 heterocycles. The van der Waals surface area contributed by atoms with E-state index in [-0.39, 0.29) is 5.78 Å². The van der Waals surface area contributed by atoms with Crippen LogP contribution in [0.5, 0.6) is 0 Å². The van der Waals surface area contributed by atoms with Gasteiger partial charge in [-0.25, -0.2) is 0 Å². The van der Waals surface area contributed by atoms with Gasteiger partial charge in [0.25, 0.3) is 0 Å². The van der Waals surface area contributed by atoms with E-state index >= 15 is 0 Å². The third-order valence-corrected chi connectivity index (χ3v) is 3.44. The minimum atomic E-state index is 0.0633. The smallest absolute Gasteiger partial charge is 0.170 e. The summed E-state index contributed by atoms with van der Waals surface area (Å²) < 4.78 is 0. The van der Waals surface area contributed by atoms with Crippen molar-refractivity contribution in [3.63, 3.8) is 0 Å². The lowest BCUT2D eigenvalue weighted by atomic mass is 10.1. The van der Waals surface area contributed by atoms with Crippen LogP contribution in [0.25, 0.3) is 0 Å². The Morgan fingerprint density at radius 3 is 2.72 bits per heavy atom. The van der Waals surface area contributed by atoms with Gasteiger partial charge in [0.15, 0.2) is 10.9 Å². The highest BCUT2D eigenvalue weighted by Crippen LogP contribution is 2.18. The number of benzene rings is 1. The average Bonchev–Trinajstić information content (AvgIpc) is 2.82. The van der Waals surface area contributed by atoms with Gasteiger partial charge in [-0.15, -0.1) is 0 Å². The molecule has 18 heavy (non-hydrogen) atoms. The lowest BCUT2D eigenvalue weighted by molar-refractivity contribution is 0.101. The van der Waals surface area contributed by atoms with Gasteiger partial charge in [0, 0.05) is 17.3 Å². The number of anilines is 1. The normalized spacial score (nSPS) is 15.4. The summed E-state index contributed by atoms with van der Waals surface area (Å²) in [6.07, 6.45) is 4.94. The zero-order chi connectivity index (χ0) is 13.0. The first-order chi connectivity index (χ1) is 8.65. The van der Waals surface area contributed by atoms with Gasteiger partial charge in [-0.3, -0.25) is 4.79 Å². The number of nitrogens with one attached hydrogen (secondary N) is 2.